The molecule has 0 radical (unpaired) electrons. The van der Waals surface area contributed by atoms with Crippen molar-refractivity contribution in [3.63, 3.8) is 0 Å². The summed E-state index contributed by atoms with van der Waals surface area (Å²) in [6, 6.07) is 0. The Labute approximate surface area is 128 Å². The molecule has 0 bridgehead atoms. The number of amides is 1. The Hall–Kier alpha value is -2.41. The van der Waals surface area contributed by atoms with E-state index in [0.717, 1.165) is 31.4 Å². The van der Waals surface area contributed by atoms with Crippen molar-refractivity contribution in [3.8, 4) is 0 Å². The Morgan fingerprint density at radius 1 is 1.18 bits per heavy atom. The van der Waals surface area contributed by atoms with Gasteiger partial charge in [0.05, 0.1) is 6.20 Å². The van der Waals surface area contributed by atoms with E-state index in [1.165, 1.54) is 18.6 Å². The van der Waals surface area contributed by atoms with Gasteiger partial charge in [-0.3, -0.25) is 9.78 Å². The normalized spacial score (nSPS) is 17.9. The summed E-state index contributed by atoms with van der Waals surface area (Å²) in [6.45, 7) is 1.12. The number of nitrogens with one attached hydrogen (secondary N) is 1. The molecule has 114 valence electrons. The molecule has 3 rings (SSSR count). The van der Waals surface area contributed by atoms with E-state index in [0.29, 0.717) is 12.4 Å². The minimum atomic E-state index is -0.271. The summed E-state index contributed by atoms with van der Waals surface area (Å²) in [4.78, 5) is 28.3. The highest BCUT2D eigenvalue weighted by Crippen LogP contribution is 2.24. The Balaban J connectivity index is 1.56. The second-order valence-corrected chi connectivity index (χ2v) is 5.08. The maximum Gasteiger partial charge on any atom is 0.271 e. The molecule has 1 saturated heterocycles. The van der Waals surface area contributed by atoms with E-state index in [2.05, 4.69) is 25.3 Å². The molecule has 1 atom stereocenters. The van der Waals surface area contributed by atoms with Gasteiger partial charge in [0, 0.05) is 43.5 Å². The molecule has 0 unspecified atom stereocenters. The molecule has 1 N–H and O–H groups in total. The zero-order valence-corrected chi connectivity index (χ0v) is 12.1. The second-order valence-electron chi connectivity index (χ2n) is 5.08. The van der Waals surface area contributed by atoms with Crippen molar-refractivity contribution >= 4 is 5.91 Å². The molecular weight excluding hydrogens is 282 g/mol. The van der Waals surface area contributed by atoms with E-state index in [4.69, 9.17) is 4.74 Å². The van der Waals surface area contributed by atoms with Crippen molar-refractivity contribution < 1.29 is 9.53 Å². The van der Waals surface area contributed by atoms with Crippen LogP contribution < -0.4 is 5.32 Å². The van der Waals surface area contributed by atoms with Gasteiger partial charge < -0.3 is 10.1 Å². The maximum atomic E-state index is 11.9. The van der Waals surface area contributed by atoms with Crippen LogP contribution in [0, 0.1) is 0 Å². The highest BCUT2D eigenvalue weighted by Gasteiger charge is 2.18. The predicted octanol–water partition coefficient (Wildman–Crippen LogP) is 1.44. The fourth-order valence-electron chi connectivity index (χ4n) is 2.26. The number of aromatic nitrogens is 4. The van der Waals surface area contributed by atoms with Gasteiger partial charge >= 0.3 is 0 Å². The molecule has 0 aromatic carbocycles. The molecule has 0 spiro atoms. The Bertz CT molecular complexity index is 612. The molecule has 1 fully saturated rings. The molecule has 2 aromatic rings. The SMILES string of the molecule is O=C(NCc1cnc([C@H]2CCCCO2)nc1)c1cnccn1. The first-order valence-electron chi connectivity index (χ1n) is 7.29. The molecule has 7 nitrogen and oxygen atoms in total. The van der Waals surface area contributed by atoms with E-state index in [1.807, 2.05) is 0 Å². The third-order valence-electron chi connectivity index (χ3n) is 3.44. The third kappa shape index (κ3) is 3.62. The average molecular weight is 299 g/mol. The molecule has 0 aliphatic carbocycles. The van der Waals surface area contributed by atoms with Crippen molar-refractivity contribution in [1.82, 2.24) is 25.3 Å². The topological polar surface area (TPSA) is 89.9 Å². The summed E-state index contributed by atoms with van der Waals surface area (Å²) in [5, 5.41) is 2.76. The van der Waals surface area contributed by atoms with Crippen molar-refractivity contribution in [2.45, 2.75) is 31.9 Å². The van der Waals surface area contributed by atoms with Crippen LogP contribution in [0.4, 0.5) is 0 Å². The molecule has 2 aromatic heterocycles. The van der Waals surface area contributed by atoms with Gasteiger partial charge in [-0.1, -0.05) is 0 Å². The van der Waals surface area contributed by atoms with Gasteiger partial charge in [0.1, 0.15) is 11.8 Å². The number of nitrogens with zero attached hydrogens (tertiary/aromatic N) is 4. The third-order valence-corrected chi connectivity index (χ3v) is 3.44. The molecule has 3 heterocycles. The minimum absolute atomic E-state index is 0.00279. The molecule has 0 saturated carbocycles. The van der Waals surface area contributed by atoms with E-state index in [1.54, 1.807) is 12.4 Å². The van der Waals surface area contributed by atoms with Gasteiger partial charge in [0.15, 0.2) is 5.82 Å². The van der Waals surface area contributed by atoms with Gasteiger partial charge in [0.25, 0.3) is 5.91 Å². The van der Waals surface area contributed by atoms with Crippen molar-refractivity contribution in [1.29, 1.82) is 0 Å². The number of hydrogen-bond acceptors (Lipinski definition) is 6. The minimum Gasteiger partial charge on any atom is -0.370 e. The zero-order valence-electron chi connectivity index (χ0n) is 12.1. The molecule has 1 amide bonds. The lowest BCUT2D eigenvalue weighted by Gasteiger charge is -2.21. The van der Waals surface area contributed by atoms with Crippen LogP contribution in [0.25, 0.3) is 0 Å². The summed E-state index contributed by atoms with van der Waals surface area (Å²) in [5.41, 5.74) is 1.12. The number of carbonyl (C=O) groups excluding carboxylic acids is 1. The number of rotatable bonds is 4. The van der Waals surface area contributed by atoms with Gasteiger partial charge in [-0.05, 0) is 19.3 Å². The van der Waals surface area contributed by atoms with Crippen LogP contribution in [0.2, 0.25) is 0 Å². The fourth-order valence-corrected chi connectivity index (χ4v) is 2.26. The van der Waals surface area contributed by atoms with Crippen molar-refractivity contribution in [3.05, 3.63) is 48.1 Å². The highest BCUT2D eigenvalue weighted by atomic mass is 16.5. The van der Waals surface area contributed by atoms with Gasteiger partial charge in [-0.25, -0.2) is 15.0 Å². The van der Waals surface area contributed by atoms with E-state index >= 15 is 0 Å². The van der Waals surface area contributed by atoms with Crippen molar-refractivity contribution in [2.24, 2.45) is 0 Å². The molecule has 22 heavy (non-hydrogen) atoms. The lowest BCUT2D eigenvalue weighted by molar-refractivity contribution is 0.00940. The zero-order chi connectivity index (χ0) is 15.2. The van der Waals surface area contributed by atoms with E-state index in [9.17, 15) is 4.79 Å². The van der Waals surface area contributed by atoms with Gasteiger partial charge in [0.2, 0.25) is 0 Å². The van der Waals surface area contributed by atoms with Gasteiger partial charge in [-0.15, -0.1) is 0 Å². The smallest absolute Gasteiger partial charge is 0.271 e. The van der Waals surface area contributed by atoms with Crippen LogP contribution in [-0.4, -0.2) is 32.4 Å². The monoisotopic (exact) mass is 299 g/mol. The molecular formula is C15H17N5O2. The van der Waals surface area contributed by atoms with Crippen LogP contribution in [0.1, 0.15) is 47.2 Å². The Morgan fingerprint density at radius 3 is 2.73 bits per heavy atom. The van der Waals surface area contributed by atoms with Crippen LogP contribution in [0.15, 0.2) is 31.0 Å². The quantitative estimate of drug-likeness (QED) is 0.918. The van der Waals surface area contributed by atoms with Crippen LogP contribution >= 0.6 is 0 Å². The van der Waals surface area contributed by atoms with Crippen molar-refractivity contribution in [2.75, 3.05) is 6.61 Å². The summed E-state index contributed by atoms with van der Waals surface area (Å²) >= 11 is 0. The predicted molar refractivity (Wildman–Crippen MR) is 77.8 cm³/mol. The number of ether oxygens (including phenoxy) is 1. The first kappa shape index (κ1) is 14.5. The highest BCUT2D eigenvalue weighted by molar-refractivity contribution is 5.91. The number of hydrogen-bond donors (Lipinski definition) is 1. The van der Waals surface area contributed by atoms with E-state index in [-0.39, 0.29) is 17.7 Å². The molecule has 7 heteroatoms. The Kier molecular flexibility index (Phi) is 4.65. The standard InChI is InChI=1S/C15H17N5O2/c21-15(12-10-16-4-5-17-12)20-9-11-7-18-14(19-8-11)13-3-1-2-6-22-13/h4-5,7-8,10,13H,1-3,6,9H2,(H,20,21)/t13-/m1/s1. The lowest BCUT2D eigenvalue weighted by Crippen LogP contribution is -2.24. The van der Waals surface area contributed by atoms with Crippen LogP contribution in [0.5, 0.6) is 0 Å². The largest absolute Gasteiger partial charge is 0.370 e. The second kappa shape index (κ2) is 7.04. The maximum absolute atomic E-state index is 11.9. The van der Waals surface area contributed by atoms with Crippen LogP contribution in [-0.2, 0) is 11.3 Å². The van der Waals surface area contributed by atoms with Crippen LogP contribution in [0.3, 0.4) is 0 Å². The first-order chi connectivity index (χ1) is 10.8. The van der Waals surface area contributed by atoms with E-state index < -0.39 is 0 Å². The summed E-state index contributed by atoms with van der Waals surface area (Å²) in [5.74, 6) is 0.441. The summed E-state index contributed by atoms with van der Waals surface area (Å²) in [7, 11) is 0. The molecule has 1 aliphatic rings. The molecule has 1 aliphatic heterocycles. The number of carbonyl (C=O) groups is 1. The first-order valence-corrected chi connectivity index (χ1v) is 7.29. The Morgan fingerprint density at radius 2 is 2.05 bits per heavy atom. The van der Waals surface area contributed by atoms with Gasteiger partial charge in [-0.2, -0.15) is 0 Å². The summed E-state index contributed by atoms with van der Waals surface area (Å²) < 4.78 is 5.65. The lowest BCUT2D eigenvalue weighted by atomic mass is 10.1. The average Bonchev–Trinajstić information content (AvgIpc) is 2.61. The fraction of sp³-hybridized carbons (Fsp3) is 0.400. The summed E-state index contributed by atoms with van der Waals surface area (Å²) in [6.07, 6.45) is 11.1.